The first-order valence-electron chi connectivity index (χ1n) is 19.1. The molecule has 0 N–H and O–H groups in total. The monoisotopic (exact) mass is 694 g/mol. The van der Waals surface area contributed by atoms with Crippen LogP contribution in [0, 0.1) is 0 Å². The highest BCUT2D eigenvalue weighted by Gasteiger charge is 2.52. The molecule has 0 amide bonds. The Bertz CT molecular complexity index is 3340. The SMILES string of the molecule is c1ccc2c(c1)-c1cccc3c4c(cc-2c13)C1(c2ccccc2-c2ccc(-c3nc(-c5ccc6ccccc6c5)c5ccccc5n3)cc21)c1ccccc1-4. The molecule has 1 spiro atoms. The summed E-state index contributed by atoms with van der Waals surface area (Å²) in [7, 11) is 0. The zero-order chi connectivity index (χ0) is 35.8. The molecule has 0 fully saturated rings. The van der Waals surface area contributed by atoms with Gasteiger partial charge in [0.25, 0.3) is 0 Å². The predicted molar refractivity (Wildman–Crippen MR) is 226 cm³/mol. The second-order valence-electron chi connectivity index (χ2n) is 15.2. The molecular formula is C53H30N2. The Morgan fingerprint density at radius 3 is 1.85 bits per heavy atom. The van der Waals surface area contributed by atoms with E-state index in [0.29, 0.717) is 0 Å². The number of para-hydroxylation sites is 1. The van der Waals surface area contributed by atoms with Gasteiger partial charge in [0.1, 0.15) is 0 Å². The van der Waals surface area contributed by atoms with E-state index in [1.54, 1.807) is 0 Å². The van der Waals surface area contributed by atoms with Crippen molar-refractivity contribution in [3.63, 3.8) is 0 Å². The molecule has 0 saturated heterocycles. The van der Waals surface area contributed by atoms with Crippen molar-refractivity contribution in [1.29, 1.82) is 0 Å². The molecule has 1 heterocycles. The predicted octanol–water partition coefficient (Wildman–Crippen LogP) is 13.3. The smallest absolute Gasteiger partial charge is 0.160 e. The van der Waals surface area contributed by atoms with Gasteiger partial charge in [0, 0.05) is 16.5 Å². The van der Waals surface area contributed by atoms with E-state index in [1.807, 2.05) is 0 Å². The zero-order valence-corrected chi connectivity index (χ0v) is 29.7. The zero-order valence-electron chi connectivity index (χ0n) is 29.7. The topological polar surface area (TPSA) is 25.8 Å². The maximum atomic E-state index is 5.42. The van der Waals surface area contributed by atoms with E-state index in [9.17, 15) is 0 Å². The first-order valence-corrected chi connectivity index (χ1v) is 19.1. The van der Waals surface area contributed by atoms with Crippen molar-refractivity contribution in [2.45, 2.75) is 5.41 Å². The highest BCUT2D eigenvalue weighted by Crippen LogP contribution is 2.65. The van der Waals surface area contributed by atoms with Gasteiger partial charge in [-0.15, -0.1) is 0 Å². The average Bonchev–Trinajstić information content (AvgIpc) is 3.85. The van der Waals surface area contributed by atoms with Gasteiger partial charge in [-0.3, -0.25) is 0 Å². The summed E-state index contributed by atoms with van der Waals surface area (Å²) in [5.41, 5.74) is 19.3. The van der Waals surface area contributed by atoms with Crippen LogP contribution in [-0.2, 0) is 5.41 Å². The number of hydrogen-bond acceptors (Lipinski definition) is 2. The summed E-state index contributed by atoms with van der Waals surface area (Å²) in [6.07, 6.45) is 0. The van der Waals surface area contributed by atoms with Gasteiger partial charge in [0.2, 0.25) is 0 Å². The molecule has 0 radical (unpaired) electrons. The van der Waals surface area contributed by atoms with Crippen LogP contribution < -0.4 is 0 Å². The molecule has 0 aliphatic heterocycles. The highest BCUT2D eigenvalue weighted by molar-refractivity contribution is 6.21. The van der Waals surface area contributed by atoms with Crippen LogP contribution in [0.3, 0.4) is 0 Å². The molecule has 2 nitrogen and oxygen atoms in total. The van der Waals surface area contributed by atoms with Crippen molar-refractivity contribution in [2.75, 3.05) is 0 Å². The standard InChI is InChI=1S/C53H30N2/c1-2-13-32-28-33(25-24-31(32)12-1)51-41-18-7-10-23-48(41)54-52(55-51)34-26-27-38-37-16-5-8-21-44(37)53(46(38)29-34)45-22-9-6-17-40(45)50-42-20-11-19-39-35-14-3-4-15-36(35)43(49(39)42)30-47(50)53/h1-30H. The van der Waals surface area contributed by atoms with Crippen molar-refractivity contribution in [2.24, 2.45) is 0 Å². The molecule has 1 atom stereocenters. The molecule has 1 aromatic heterocycles. The first kappa shape index (κ1) is 29.3. The molecular weight excluding hydrogens is 665 g/mol. The van der Waals surface area contributed by atoms with E-state index >= 15 is 0 Å². The number of fused-ring (bicyclic) bond motifs is 16. The maximum Gasteiger partial charge on any atom is 0.160 e. The van der Waals surface area contributed by atoms with Crippen LogP contribution in [0.1, 0.15) is 22.3 Å². The molecule has 3 aliphatic carbocycles. The van der Waals surface area contributed by atoms with Crippen LogP contribution in [0.25, 0.3) is 99.6 Å². The van der Waals surface area contributed by atoms with Crippen molar-refractivity contribution in [1.82, 2.24) is 9.97 Å². The summed E-state index contributed by atoms with van der Waals surface area (Å²) in [5, 5.41) is 6.16. The quantitative estimate of drug-likeness (QED) is 0.180. The number of hydrogen-bond donors (Lipinski definition) is 0. The van der Waals surface area contributed by atoms with E-state index in [4.69, 9.17) is 9.97 Å². The van der Waals surface area contributed by atoms with E-state index in [2.05, 4.69) is 182 Å². The lowest BCUT2D eigenvalue weighted by atomic mass is 9.70. The third-order valence-electron chi connectivity index (χ3n) is 12.6. The first-order chi connectivity index (χ1) is 27.3. The summed E-state index contributed by atoms with van der Waals surface area (Å²) in [6.45, 7) is 0. The molecule has 0 bridgehead atoms. The van der Waals surface area contributed by atoms with Gasteiger partial charge in [0.15, 0.2) is 5.82 Å². The largest absolute Gasteiger partial charge is 0.228 e. The van der Waals surface area contributed by atoms with E-state index < -0.39 is 5.41 Å². The van der Waals surface area contributed by atoms with Gasteiger partial charge in [0.05, 0.1) is 16.6 Å². The second kappa shape index (κ2) is 10.5. The number of rotatable bonds is 2. The molecule has 13 rings (SSSR count). The van der Waals surface area contributed by atoms with Gasteiger partial charge in [-0.05, 0) is 113 Å². The summed E-state index contributed by atoms with van der Waals surface area (Å²) in [5.74, 6) is 0.734. The fourth-order valence-corrected chi connectivity index (χ4v) is 10.4. The fraction of sp³-hybridized carbons (Fsp3) is 0.0189. The van der Waals surface area contributed by atoms with Crippen molar-refractivity contribution >= 4 is 32.4 Å². The lowest BCUT2D eigenvalue weighted by Crippen LogP contribution is -2.26. The van der Waals surface area contributed by atoms with Crippen molar-refractivity contribution < 1.29 is 0 Å². The normalized spacial score (nSPS) is 15.3. The molecule has 10 aromatic rings. The molecule has 55 heavy (non-hydrogen) atoms. The number of aromatic nitrogens is 2. The lowest BCUT2D eigenvalue weighted by molar-refractivity contribution is 0.795. The van der Waals surface area contributed by atoms with E-state index in [-0.39, 0.29) is 0 Å². The van der Waals surface area contributed by atoms with Crippen LogP contribution in [0.4, 0.5) is 0 Å². The molecule has 9 aromatic carbocycles. The molecule has 2 heteroatoms. The molecule has 0 saturated carbocycles. The Kier molecular flexibility index (Phi) is 5.59. The number of benzene rings is 9. The van der Waals surface area contributed by atoms with Gasteiger partial charge in [-0.2, -0.15) is 0 Å². The third-order valence-corrected chi connectivity index (χ3v) is 12.6. The Morgan fingerprint density at radius 2 is 0.982 bits per heavy atom. The Hall–Kier alpha value is -7.16. The minimum absolute atomic E-state index is 0.510. The van der Waals surface area contributed by atoms with Crippen LogP contribution in [0.2, 0.25) is 0 Å². The average molecular weight is 695 g/mol. The van der Waals surface area contributed by atoms with Gasteiger partial charge >= 0.3 is 0 Å². The van der Waals surface area contributed by atoms with Crippen molar-refractivity contribution in [3.8, 4) is 67.2 Å². The molecule has 252 valence electrons. The summed E-state index contributed by atoms with van der Waals surface area (Å²) >= 11 is 0. The van der Waals surface area contributed by atoms with E-state index in [1.165, 1.54) is 88.3 Å². The van der Waals surface area contributed by atoms with Gasteiger partial charge < -0.3 is 0 Å². The molecule has 1 unspecified atom stereocenters. The lowest BCUT2D eigenvalue weighted by Gasteiger charge is -2.31. The summed E-state index contributed by atoms with van der Waals surface area (Å²) < 4.78 is 0. The van der Waals surface area contributed by atoms with Crippen LogP contribution in [0.5, 0.6) is 0 Å². The minimum Gasteiger partial charge on any atom is -0.228 e. The Morgan fingerprint density at radius 1 is 0.345 bits per heavy atom. The number of nitrogens with zero attached hydrogens (tertiary/aromatic N) is 2. The Balaban J connectivity index is 1.11. The van der Waals surface area contributed by atoms with Crippen molar-refractivity contribution in [3.05, 3.63) is 204 Å². The minimum atomic E-state index is -0.510. The summed E-state index contributed by atoms with van der Waals surface area (Å²) in [6, 6.07) is 67.1. The van der Waals surface area contributed by atoms with E-state index in [0.717, 1.165) is 33.5 Å². The fourth-order valence-electron chi connectivity index (χ4n) is 10.4. The Labute approximate surface area is 318 Å². The van der Waals surface area contributed by atoms with Gasteiger partial charge in [-0.25, -0.2) is 9.97 Å². The third kappa shape index (κ3) is 3.69. The van der Waals surface area contributed by atoms with Crippen LogP contribution in [0.15, 0.2) is 182 Å². The van der Waals surface area contributed by atoms with Gasteiger partial charge in [-0.1, -0.05) is 158 Å². The highest BCUT2D eigenvalue weighted by atomic mass is 14.9. The molecule has 3 aliphatic rings. The summed E-state index contributed by atoms with van der Waals surface area (Å²) in [4.78, 5) is 10.7. The van der Waals surface area contributed by atoms with Crippen LogP contribution in [-0.4, -0.2) is 9.97 Å². The van der Waals surface area contributed by atoms with Crippen LogP contribution >= 0.6 is 0 Å². The second-order valence-corrected chi connectivity index (χ2v) is 15.2. The maximum absolute atomic E-state index is 5.42.